The van der Waals surface area contributed by atoms with Crippen LogP contribution in [0.2, 0.25) is 0 Å². The number of aliphatic carboxylic acids is 1. The Morgan fingerprint density at radius 1 is 1.39 bits per heavy atom. The van der Waals surface area contributed by atoms with Crippen molar-refractivity contribution < 1.29 is 9.90 Å². The number of hydrogen-bond acceptors (Lipinski definition) is 2. The molecule has 1 aliphatic carbocycles. The van der Waals surface area contributed by atoms with Crippen molar-refractivity contribution in [2.75, 3.05) is 0 Å². The molecule has 18 heavy (non-hydrogen) atoms. The van der Waals surface area contributed by atoms with E-state index in [1.165, 1.54) is 0 Å². The summed E-state index contributed by atoms with van der Waals surface area (Å²) in [6.45, 7) is 0. The molecule has 0 radical (unpaired) electrons. The maximum atomic E-state index is 11.4. The molecule has 0 fully saturated rings. The SMILES string of the molecule is O=C(O)C1CC(n2ccnc2)=Cc2ccccc21. The topological polar surface area (TPSA) is 55.1 Å². The monoisotopic (exact) mass is 240 g/mol. The standard InChI is InChI=1S/C14H12N2O2/c17-14(18)13-8-11(16-6-5-15-9-16)7-10-3-1-2-4-12(10)13/h1-7,9,13H,8H2,(H,17,18). The van der Waals surface area contributed by atoms with Gasteiger partial charge >= 0.3 is 5.97 Å². The van der Waals surface area contributed by atoms with E-state index in [9.17, 15) is 9.90 Å². The fourth-order valence-corrected chi connectivity index (χ4v) is 2.35. The molecule has 0 bridgehead atoms. The van der Waals surface area contributed by atoms with Crippen LogP contribution in [0.5, 0.6) is 0 Å². The van der Waals surface area contributed by atoms with Crippen molar-refractivity contribution in [1.29, 1.82) is 0 Å². The lowest BCUT2D eigenvalue weighted by Crippen LogP contribution is -2.17. The fraction of sp³-hybridized carbons (Fsp3) is 0.143. The summed E-state index contributed by atoms with van der Waals surface area (Å²) < 4.78 is 1.87. The molecule has 0 saturated carbocycles. The quantitative estimate of drug-likeness (QED) is 0.877. The van der Waals surface area contributed by atoms with E-state index < -0.39 is 11.9 Å². The first-order valence-corrected chi connectivity index (χ1v) is 5.76. The highest BCUT2D eigenvalue weighted by Gasteiger charge is 2.27. The number of allylic oxidation sites excluding steroid dienone is 1. The molecule has 1 aromatic carbocycles. The maximum absolute atomic E-state index is 11.4. The van der Waals surface area contributed by atoms with Crippen molar-refractivity contribution in [3.8, 4) is 0 Å². The molecule has 1 aromatic heterocycles. The van der Waals surface area contributed by atoms with Gasteiger partial charge in [0.2, 0.25) is 0 Å². The van der Waals surface area contributed by atoms with Crippen LogP contribution in [0.25, 0.3) is 11.8 Å². The molecule has 2 aromatic rings. The van der Waals surface area contributed by atoms with Crippen LogP contribution in [0.15, 0.2) is 43.0 Å². The zero-order valence-electron chi connectivity index (χ0n) is 9.65. The molecule has 4 nitrogen and oxygen atoms in total. The van der Waals surface area contributed by atoms with E-state index in [-0.39, 0.29) is 0 Å². The molecule has 0 amide bonds. The number of nitrogens with zero attached hydrogens (tertiary/aromatic N) is 2. The molecule has 0 saturated heterocycles. The highest BCUT2D eigenvalue weighted by molar-refractivity contribution is 5.86. The normalized spacial score (nSPS) is 18.0. The van der Waals surface area contributed by atoms with Crippen LogP contribution in [0.1, 0.15) is 23.5 Å². The number of rotatable bonds is 2. The Balaban J connectivity index is 2.11. The summed E-state index contributed by atoms with van der Waals surface area (Å²) in [6, 6.07) is 7.63. The second kappa shape index (κ2) is 4.14. The predicted molar refractivity (Wildman–Crippen MR) is 67.8 cm³/mol. The van der Waals surface area contributed by atoms with Crippen molar-refractivity contribution >= 4 is 17.7 Å². The molecule has 90 valence electrons. The number of fused-ring (bicyclic) bond motifs is 1. The maximum Gasteiger partial charge on any atom is 0.311 e. The first-order chi connectivity index (χ1) is 8.75. The van der Waals surface area contributed by atoms with Gasteiger partial charge in [-0.25, -0.2) is 4.98 Å². The van der Waals surface area contributed by atoms with Gasteiger partial charge in [0.15, 0.2) is 0 Å². The smallest absolute Gasteiger partial charge is 0.311 e. The van der Waals surface area contributed by atoms with E-state index in [0.29, 0.717) is 6.42 Å². The average molecular weight is 240 g/mol. The summed E-state index contributed by atoms with van der Waals surface area (Å²) in [5.41, 5.74) is 2.81. The molecular weight excluding hydrogens is 228 g/mol. The first kappa shape index (κ1) is 10.8. The van der Waals surface area contributed by atoms with E-state index in [1.54, 1.807) is 12.5 Å². The summed E-state index contributed by atoms with van der Waals surface area (Å²) >= 11 is 0. The lowest BCUT2D eigenvalue weighted by atomic mass is 9.85. The number of hydrogen-bond donors (Lipinski definition) is 1. The van der Waals surface area contributed by atoms with Gasteiger partial charge in [0.25, 0.3) is 0 Å². The van der Waals surface area contributed by atoms with Crippen LogP contribution < -0.4 is 0 Å². The van der Waals surface area contributed by atoms with E-state index in [2.05, 4.69) is 4.98 Å². The molecule has 1 heterocycles. The molecule has 3 rings (SSSR count). The minimum absolute atomic E-state index is 0.483. The third kappa shape index (κ3) is 1.72. The Kier molecular flexibility index (Phi) is 2.48. The zero-order chi connectivity index (χ0) is 12.5. The van der Waals surface area contributed by atoms with E-state index >= 15 is 0 Å². The molecule has 1 unspecified atom stereocenters. The molecular formula is C14H12N2O2. The minimum atomic E-state index is -0.784. The molecule has 1 aliphatic rings. The van der Waals surface area contributed by atoms with E-state index in [4.69, 9.17) is 0 Å². The van der Waals surface area contributed by atoms with Crippen LogP contribution in [0.3, 0.4) is 0 Å². The van der Waals surface area contributed by atoms with Gasteiger partial charge in [0.1, 0.15) is 0 Å². The Labute approximate surface area is 104 Å². The molecule has 0 spiro atoms. The number of benzene rings is 1. The van der Waals surface area contributed by atoms with Crippen molar-refractivity contribution in [2.45, 2.75) is 12.3 Å². The lowest BCUT2D eigenvalue weighted by molar-refractivity contribution is -0.138. The third-order valence-electron chi connectivity index (χ3n) is 3.24. The van der Waals surface area contributed by atoms with Crippen LogP contribution in [0.4, 0.5) is 0 Å². The van der Waals surface area contributed by atoms with Gasteiger partial charge in [-0.15, -0.1) is 0 Å². The van der Waals surface area contributed by atoms with Gasteiger partial charge in [0.05, 0.1) is 12.2 Å². The molecule has 0 aliphatic heterocycles. The number of carboxylic acid groups (broad SMARTS) is 1. The fourth-order valence-electron chi connectivity index (χ4n) is 2.35. The van der Waals surface area contributed by atoms with Crippen molar-refractivity contribution in [2.24, 2.45) is 0 Å². The second-order valence-electron chi connectivity index (χ2n) is 4.33. The second-order valence-corrected chi connectivity index (χ2v) is 4.33. The Morgan fingerprint density at radius 3 is 2.94 bits per heavy atom. The predicted octanol–water partition coefficient (Wildman–Crippen LogP) is 2.45. The number of imidazole rings is 1. The lowest BCUT2D eigenvalue weighted by Gasteiger charge is -2.23. The molecule has 1 atom stereocenters. The zero-order valence-corrected chi connectivity index (χ0v) is 9.65. The largest absolute Gasteiger partial charge is 0.481 e. The van der Waals surface area contributed by atoms with Gasteiger partial charge in [0, 0.05) is 24.5 Å². The average Bonchev–Trinajstić information content (AvgIpc) is 2.91. The number of carbonyl (C=O) groups is 1. The Morgan fingerprint density at radius 2 is 2.22 bits per heavy atom. The highest BCUT2D eigenvalue weighted by atomic mass is 16.4. The van der Waals surface area contributed by atoms with Crippen molar-refractivity contribution in [3.05, 3.63) is 54.1 Å². The van der Waals surface area contributed by atoms with Crippen LogP contribution in [0, 0.1) is 0 Å². The summed E-state index contributed by atoms with van der Waals surface area (Å²) in [5.74, 6) is -1.27. The van der Waals surface area contributed by atoms with Gasteiger partial charge in [-0.3, -0.25) is 4.79 Å². The summed E-state index contributed by atoms with van der Waals surface area (Å²) in [7, 11) is 0. The summed E-state index contributed by atoms with van der Waals surface area (Å²) in [6.07, 6.45) is 7.73. The molecule has 4 heteroatoms. The first-order valence-electron chi connectivity index (χ1n) is 5.76. The van der Waals surface area contributed by atoms with Crippen molar-refractivity contribution in [3.63, 3.8) is 0 Å². The van der Waals surface area contributed by atoms with Crippen molar-refractivity contribution in [1.82, 2.24) is 9.55 Å². The number of aromatic nitrogens is 2. The number of carboxylic acids is 1. The highest BCUT2D eigenvalue weighted by Crippen LogP contribution is 2.35. The summed E-state index contributed by atoms with van der Waals surface area (Å²) in [5, 5.41) is 9.35. The van der Waals surface area contributed by atoms with Crippen LogP contribution in [-0.4, -0.2) is 20.6 Å². The Hall–Kier alpha value is -2.36. The van der Waals surface area contributed by atoms with E-state index in [1.807, 2.05) is 41.1 Å². The minimum Gasteiger partial charge on any atom is -0.481 e. The summed E-state index contributed by atoms with van der Waals surface area (Å²) in [4.78, 5) is 15.4. The van der Waals surface area contributed by atoms with Crippen LogP contribution >= 0.6 is 0 Å². The van der Waals surface area contributed by atoms with Gasteiger partial charge in [-0.05, 0) is 17.2 Å². The van der Waals surface area contributed by atoms with Crippen LogP contribution in [-0.2, 0) is 4.79 Å². The van der Waals surface area contributed by atoms with Gasteiger partial charge < -0.3 is 9.67 Å². The van der Waals surface area contributed by atoms with Gasteiger partial charge in [-0.2, -0.15) is 0 Å². The van der Waals surface area contributed by atoms with E-state index in [0.717, 1.165) is 16.8 Å². The molecule has 1 N–H and O–H groups in total. The van der Waals surface area contributed by atoms with Gasteiger partial charge in [-0.1, -0.05) is 24.3 Å². The Bertz CT molecular complexity index is 614. The third-order valence-corrected chi connectivity index (χ3v) is 3.24.